The highest BCUT2D eigenvalue weighted by Gasteiger charge is 2.27. The molecule has 2 aromatic rings. The summed E-state index contributed by atoms with van der Waals surface area (Å²) in [6.45, 7) is 9.87. The second-order valence-corrected chi connectivity index (χ2v) is 11.0. The van der Waals surface area contributed by atoms with Gasteiger partial charge in [0.2, 0.25) is 10.0 Å². The zero-order valence-electron chi connectivity index (χ0n) is 19.4. The van der Waals surface area contributed by atoms with Gasteiger partial charge >= 0.3 is 0 Å². The molecular formula is C23H30N4O5S. The Morgan fingerprint density at radius 1 is 1.09 bits per heavy atom. The van der Waals surface area contributed by atoms with E-state index in [9.17, 15) is 23.3 Å². The van der Waals surface area contributed by atoms with Crippen molar-refractivity contribution in [1.82, 2.24) is 14.5 Å². The van der Waals surface area contributed by atoms with Gasteiger partial charge in [-0.3, -0.25) is 19.8 Å². The molecule has 0 bridgehead atoms. The van der Waals surface area contributed by atoms with Crippen molar-refractivity contribution < 1.29 is 18.1 Å². The molecule has 1 fully saturated rings. The number of hydrogen-bond acceptors (Lipinski definition) is 6. The molecule has 0 atom stereocenters. The molecule has 3 rings (SSSR count). The van der Waals surface area contributed by atoms with Gasteiger partial charge in [-0.05, 0) is 51.0 Å². The van der Waals surface area contributed by atoms with E-state index in [1.165, 1.54) is 18.2 Å². The highest BCUT2D eigenvalue weighted by Crippen LogP contribution is 2.21. The Bertz CT molecular complexity index is 1150. The summed E-state index contributed by atoms with van der Waals surface area (Å²) in [5.74, 6) is -0.199. The number of carbonyl (C=O) groups excluding carboxylic acids is 1. The Morgan fingerprint density at radius 2 is 1.76 bits per heavy atom. The van der Waals surface area contributed by atoms with Gasteiger partial charge in [-0.1, -0.05) is 18.2 Å². The lowest BCUT2D eigenvalue weighted by molar-refractivity contribution is -0.384. The van der Waals surface area contributed by atoms with Gasteiger partial charge in [-0.15, -0.1) is 0 Å². The summed E-state index contributed by atoms with van der Waals surface area (Å²) in [6, 6.07) is 11.2. The third kappa shape index (κ3) is 6.37. The lowest BCUT2D eigenvalue weighted by atomic mass is 10.1. The van der Waals surface area contributed by atoms with Gasteiger partial charge < -0.3 is 4.90 Å². The molecule has 9 nitrogen and oxygen atoms in total. The predicted molar refractivity (Wildman–Crippen MR) is 126 cm³/mol. The second kappa shape index (κ2) is 9.58. The summed E-state index contributed by atoms with van der Waals surface area (Å²) >= 11 is 0. The summed E-state index contributed by atoms with van der Waals surface area (Å²) in [5, 5.41) is 11.0. The lowest BCUT2D eigenvalue weighted by Gasteiger charge is -2.35. The molecule has 1 amide bonds. The van der Waals surface area contributed by atoms with Crippen LogP contribution in [0.15, 0.2) is 47.4 Å². The maximum absolute atomic E-state index is 13.2. The summed E-state index contributed by atoms with van der Waals surface area (Å²) in [7, 11) is -3.75. The maximum atomic E-state index is 13.2. The van der Waals surface area contributed by atoms with Crippen molar-refractivity contribution in [2.45, 2.75) is 44.7 Å². The Hall–Kier alpha value is -2.82. The molecule has 1 saturated heterocycles. The molecule has 178 valence electrons. The van der Waals surface area contributed by atoms with Crippen molar-refractivity contribution in [1.29, 1.82) is 0 Å². The van der Waals surface area contributed by atoms with Crippen molar-refractivity contribution in [2.24, 2.45) is 0 Å². The Kier molecular flexibility index (Phi) is 7.20. The van der Waals surface area contributed by atoms with E-state index in [1.54, 1.807) is 50.8 Å². The predicted octanol–water partition coefficient (Wildman–Crippen LogP) is 2.94. The van der Waals surface area contributed by atoms with E-state index in [0.717, 1.165) is 5.56 Å². The maximum Gasteiger partial charge on any atom is 0.269 e. The number of hydrogen-bond donors (Lipinski definition) is 1. The third-order valence-corrected chi connectivity index (χ3v) is 7.13. The number of aryl methyl sites for hydroxylation is 1. The molecule has 0 saturated carbocycles. The number of non-ortho nitro benzene ring substituents is 1. The van der Waals surface area contributed by atoms with Gasteiger partial charge in [-0.25, -0.2) is 13.1 Å². The van der Waals surface area contributed by atoms with Crippen LogP contribution in [0.4, 0.5) is 5.69 Å². The van der Waals surface area contributed by atoms with Crippen LogP contribution in [0.3, 0.4) is 0 Å². The van der Waals surface area contributed by atoms with E-state index in [-0.39, 0.29) is 16.5 Å². The molecular weight excluding hydrogens is 444 g/mol. The topological polar surface area (TPSA) is 113 Å². The number of sulfonamides is 1. The normalized spacial score (nSPS) is 15.5. The van der Waals surface area contributed by atoms with E-state index in [2.05, 4.69) is 9.62 Å². The number of benzene rings is 2. The summed E-state index contributed by atoms with van der Waals surface area (Å²) in [6.07, 6.45) is 0. The number of nitrogens with zero attached hydrogens (tertiary/aromatic N) is 3. The number of piperazine rings is 1. The smallest absolute Gasteiger partial charge is 0.269 e. The first kappa shape index (κ1) is 24.8. The van der Waals surface area contributed by atoms with Gasteiger partial charge in [0, 0.05) is 56.0 Å². The molecule has 1 heterocycles. The molecule has 1 N–H and O–H groups in total. The molecule has 0 radical (unpaired) electrons. The van der Waals surface area contributed by atoms with Crippen LogP contribution < -0.4 is 4.72 Å². The van der Waals surface area contributed by atoms with Crippen LogP contribution in [-0.4, -0.2) is 60.8 Å². The molecule has 0 aliphatic carbocycles. The number of rotatable bonds is 6. The quantitative estimate of drug-likeness (QED) is 0.509. The molecule has 10 heteroatoms. The number of nitrogens with one attached hydrogen (secondary N) is 1. The standard InChI is InChI=1S/C23H30N4O5S/c1-17-8-9-20(33(31,32)24-23(2,3)4)15-21(17)22(28)26-12-10-25(11-13-26)16-18-6-5-7-19(14-18)27(29)30/h5-9,14-15,24H,10-13,16H2,1-4H3. The Labute approximate surface area is 194 Å². The minimum absolute atomic E-state index is 0.0626. The van der Waals surface area contributed by atoms with Crippen LogP contribution in [-0.2, 0) is 16.6 Å². The Balaban J connectivity index is 1.68. The number of nitro benzene ring substituents is 1. The van der Waals surface area contributed by atoms with Crippen LogP contribution in [0.5, 0.6) is 0 Å². The van der Waals surface area contributed by atoms with Crippen LogP contribution in [0.2, 0.25) is 0 Å². The van der Waals surface area contributed by atoms with E-state index in [0.29, 0.717) is 43.9 Å². The van der Waals surface area contributed by atoms with Crippen molar-refractivity contribution >= 4 is 21.6 Å². The number of carbonyl (C=O) groups is 1. The van der Waals surface area contributed by atoms with Gasteiger partial charge in [0.1, 0.15) is 0 Å². The fourth-order valence-corrected chi connectivity index (χ4v) is 5.21. The molecule has 0 unspecified atom stereocenters. The number of nitro groups is 1. The van der Waals surface area contributed by atoms with Crippen LogP contribution in [0, 0.1) is 17.0 Å². The van der Waals surface area contributed by atoms with Crippen molar-refractivity contribution in [2.75, 3.05) is 26.2 Å². The molecule has 0 spiro atoms. The zero-order valence-corrected chi connectivity index (χ0v) is 20.2. The fraction of sp³-hybridized carbons (Fsp3) is 0.435. The van der Waals surface area contributed by atoms with E-state index < -0.39 is 20.5 Å². The SMILES string of the molecule is Cc1ccc(S(=O)(=O)NC(C)(C)C)cc1C(=O)N1CCN(Cc2cccc([N+](=O)[O-])c2)CC1. The molecule has 0 aromatic heterocycles. The van der Waals surface area contributed by atoms with Gasteiger partial charge in [0.05, 0.1) is 9.82 Å². The van der Waals surface area contributed by atoms with Gasteiger partial charge in [0.25, 0.3) is 11.6 Å². The first-order valence-electron chi connectivity index (χ1n) is 10.8. The summed E-state index contributed by atoms with van der Waals surface area (Å²) in [4.78, 5) is 27.7. The fourth-order valence-electron chi connectivity index (χ4n) is 3.77. The highest BCUT2D eigenvalue weighted by atomic mass is 32.2. The number of amides is 1. The highest BCUT2D eigenvalue weighted by molar-refractivity contribution is 7.89. The van der Waals surface area contributed by atoms with Crippen LogP contribution in [0.1, 0.15) is 42.3 Å². The third-order valence-electron chi connectivity index (χ3n) is 5.38. The Morgan fingerprint density at radius 3 is 2.36 bits per heavy atom. The largest absolute Gasteiger partial charge is 0.336 e. The van der Waals surface area contributed by atoms with E-state index in [1.807, 2.05) is 6.07 Å². The van der Waals surface area contributed by atoms with Crippen molar-refractivity contribution in [3.63, 3.8) is 0 Å². The summed E-state index contributed by atoms with van der Waals surface area (Å²) < 4.78 is 28.0. The molecule has 1 aliphatic rings. The lowest BCUT2D eigenvalue weighted by Crippen LogP contribution is -2.48. The average molecular weight is 475 g/mol. The van der Waals surface area contributed by atoms with Crippen molar-refractivity contribution in [3.05, 3.63) is 69.3 Å². The van der Waals surface area contributed by atoms with E-state index >= 15 is 0 Å². The van der Waals surface area contributed by atoms with Crippen LogP contribution in [0.25, 0.3) is 0 Å². The first-order valence-corrected chi connectivity index (χ1v) is 12.2. The minimum atomic E-state index is -3.75. The zero-order chi connectivity index (χ0) is 24.4. The molecule has 33 heavy (non-hydrogen) atoms. The van der Waals surface area contributed by atoms with Gasteiger partial charge in [-0.2, -0.15) is 0 Å². The van der Waals surface area contributed by atoms with E-state index in [4.69, 9.17) is 0 Å². The monoisotopic (exact) mass is 474 g/mol. The van der Waals surface area contributed by atoms with Crippen molar-refractivity contribution in [3.8, 4) is 0 Å². The van der Waals surface area contributed by atoms with Crippen LogP contribution >= 0.6 is 0 Å². The molecule has 2 aromatic carbocycles. The molecule has 1 aliphatic heterocycles. The summed E-state index contributed by atoms with van der Waals surface area (Å²) in [5.41, 5.74) is 1.37. The minimum Gasteiger partial charge on any atom is -0.336 e. The first-order chi connectivity index (χ1) is 15.4. The average Bonchev–Trinajstić information content (AvgIpc) is 2.72. The second-order valence-electron chi connectivity index (χ2n) is 9.33. The van der Waals surface area contributed by atoms with Gasteiger partial charge in [0.15, 0.2) is 0 Å².